The molecule has 0 aliphatic heterocycles. The van der Waals surface area contributed by atoms with Crippen LogP contribution in [0.2, 0.25) is 0 Å². The van der Waals surface area contributed by atoms with Crippen LogP contribution in [0.1, 0.15) is 49.3 Å². The van der Waals surface area contributed by atoms with E-state index in [2.05, 4.69) is 54.5 Å². The van der Waals surface area contributed by atoms with Crippen LogP contribution in [0.3, 0.4) is 0 Å². The first kappa shape index (κ1) is 12.4. The van der Waals surface area contributed by atoms with E-state index in [-0.39, 0.29) is 0 Å². The summed E-state index contributed by atoms with van der Waals surface area (Å²) in [4.78, 5) is 4.35. The van der Waals surface area contributed by atoms with E-state index in [9.17, 15) is 0 Å². The lowest BCUT2D eigenvalue weighted by atomic mass is 10.1. The Balaban J connectivity index is 1.63. The van der Waals surface area contributed by atoms with Crippen LogP contribution in [0.4, 0.5) is 0 Å². The van der Waals surface area contributed by atoms with Crippen molar-refractivity contribution in [2.75, 3.05) is 0 Å². The molecule has 1 heterocycles. The lowest BCUT2D eigenvalue weighted by Crippen LogP contribution is -2.21. The normalized spacial score (nSPS) is 21.8. The summed E-state index contributed by atoms with van der Waals surface area (Å²) in [7, 11) is 0. The maximum atomic E-state index is 5.84. The second kappa shape index (κ2) is 5.17. The molecule has 0 amide bonds. The number of nitrogens with one attached hydrogen (secondary N) is 1. The molecule has 1 aliphatic rings. The summed E-state index contributed by atoms with van der Waals surface area (Å²) in [5.41, 5.74) is 1.41. The van der Waals surface area contributed by atoms with Gasteiger partial charge in [0.25, 0.3) is 0 Å². The summed E-state index contributed by atoms with van der Waals surface area (Å²) in [5, 5.41) is 3.32. The van der Waals surface area contributed by atoms with Crippen molar-refractivity contribution < 1.29 is 4.42 Å². The highest BCUT2D eigenvalue weighted by Gasteiger charge is 2.41. The Kier molecular flexibility index (Phi) is 3.38. The molecule has 0 radical (unpaired) electrons. The van der Waals surface area contributed by atoms with Crippen LogP contribution < -0.4 is 5.32 Å². The topological polar surface area (TPSA) is 38.1 Å². The number of benzene rings is 1. The molecule has 3 heteroatoms. The van der Waals surface area contributed by atoms with Gasteiger partial charge in [0.2, 0.25) is 5.89 Å². The van der Waals surface area contributed by atoms with Crippen molar-refractivity contribution in [1.29, 1.82) is 0 Å². The average molecular weight is 256 g/mol. The van der Waals surface area contributed by atoms with Crippen molar-refractivity contribution in [1.82, 2.24) is 10.3 Å². The van der Waals surface area contributed by atoms with Crippen LogP contribution in [0.15, 0.2) is 40.9 Å². The highest BCUT2D eigenvalue weighted by molar-refractivity contribution is 5.31. The first-order valence-electron chi connectivity index (χ1n) is 6.97. The summed E-state index contributed by atoms with van der Waals surface area (Å²) < 4.78 is 5.84. The molecular weight excluding hydrogens is 236 g/mol. The van der Waals surface area contributed by atoms with Crippen molar-refractivity contribution in [3.05, 3.63) is 53.7 Å². The second-order valence-corrected chi connectivity index (χ2v) is 5.55. The van der Waals surface area contributed by atoms with Gasteiger partial charge in [0.05, 0.1) is 12.7 Å². The van der Waals surface area contributed by atoms with Crippen molar-refractivity contribution in [3.8, 4) is 0 Å². The molecule has 1 N–H and O–H groups in total. The largest absolute Gasteiger partial charge is 0.444 e. The van der Waals surface area contributed by atoms with E-state index >= 15 is 0 Å². The molecule has 1 saturated carbocycles. The van der Waals surface area contributed by atoms with E-state index in [1.165, 1.54) is 12.0 Å². The first-order chi connectivity index (χ1) is 9.24. The highest BCUT2D eigenvalue weighted by atomic mass is 16.4. The molecule has 1 aromatic carbocycles. The molecule has 3 rings (SSSR count). The van der Waals surface area contributed by atoms with Gasteiger partial charge in [-0.15, -0.1) is 0 Å². The fourth-order valence-electron chi connectivity index (χ4n) is 2.45. The van der Waals surface area contributed by atoms with Gasteiger partial charge in [-0.05, 0) is 17.9 Å². The molecule has 2 unspecified atom stereocenters. The molecular formula is C16H20N2O. The van der Waals surface area contributed by atoms with Crippen LogP contribution in [0.5, 0.6) is 0 Å². The molecule has 2 atom stereocenters. The van der Waals surface area contributed by atoms with Gasteiger partial charge < -0.3 is 9.73 Å². The van der Waals surface area contributed by atoms with E-state index in [1.54, 1.807) is 0 Å². The minimum absolute atomic E-state index is 0.452. The van der Waals surface area contributed by atoms with Crippen molar-refractivity contribution in [2.24, 2.45) is 0 Å². The molecule has 1 aromatic heterocycles. The van der Waals surface area contributed by atoms with Gasteiger partial charge in [0, 0.05) is 12.0 Å². The van der Waals surface area contributed by atoms with Crippen LogP contribution in [-0.4, -0.2) is 11.0 Å². The monoisotopic (exact) mass is 256 g/mol. The smallest absolute Gasteiger partial charge is 0.208 e. The molecule has 0 spiro atoms. The van der Waals surface area contributed by atoms with Gasteiger partial charge in [-0.2, -0.15) is 0 Å². The van der Waals surface area contributed by atoms with E-state index in [1.807, 2.05) is 6.20 Å². The third-order valence-corrected chi connectivity index (χ3v) is 3.62. The molecule has 3 nitrogen and oxygen atoms in total. The van der Waals surface area contributed by atoms with Crippen LogP contribution in [0.25, 0.3) is 0 Å². The number of nitrogens with zero attached hydrogens (tertiary/aromatic N) is 1. The molecule has 2 aromatic rings. The van der Waals surface area contributed by atoms with E-state index in [4.69, 9.17) is 4.42 Å². The quantitative estimate of drug-likeness (QED) is 0.890. The lowest BCUT2D eigenvalue weighted by molar-refractivity contribution is 0.424. The van der Waals surface area contributed by atoms with Crippen LogP contribution in [-0.2, 0) is 6.54 Å². The Hall–Kier alpha value is -1.61. The number of aromatic nitrogens is 1. The Morgan fingerprint density at radius 3 is 2.79 bits per heavy atom. The first-order valence-corrected chi connectivity index (χ1v) is 6.97. The van der Waals surface area contributed by atoms with Crippen LogP contribution in [0, 0.1) is 0 Å². The van der Waals surface area contributed by atoms with Crippen molar-refractivity contribution in [3.63, 3.8) is 0 Å². The molecule has 1 aliphatic carbocycles. The van der Waals surface area contributed by atoms with Gasteiger partial charge in [0.1, 0.15) is 5.76 Å². The average Bonchev–Trinajstić information content (AvgIpc) is 3.09. The standard InChI is InChI=1S/C16H20N2O/c1-11(2)17-10-16-18-9-15(19-16)14-8-13(14)12-6-4-3-5-7-12/h3-7,9,11,13-14,17H,8,10H2,1-2H3. The number of rotatable bonds is 5. The molecule has 100 valence electrons. The third-order valence-electron chi connectivity index (χ3n) is 3.62. The predicted molar refractivity (Wildman–Crippen MR) is 75.0 cm³/mol. The van der Waals surface area contributed by atoms with Gasteiger partial charge >= 0.3 is 0 Å². The van der Waals surface area contributed by atoms with Gasteiger partial charge in [-0.1, -0.05) is 44.2 Å². The van der Waals surface area contributed by atoms with E-state index in [0.717, 1.165) is 11.7 Å². The zero-order valence-corrected chi connectivity index (χ0v) is 11.5. The predicted octanol–water partition coefficient (Wildman–Crippen LogP) is 3.44. The third kappa shape index (κ3) is 2.87. The summed E-state index contributed by atoms with van der Waals surface area (Å²) in [6.07, 6.45) is 3.07. The SMILES string of the molecule is CC(C)NCc1ncc(C2CC2c2ccccc2)o1. The maximum absolute atomic E-state index is 5.84. The summed E-state index contributed by atoms with van der Waals surface area (Å²) in [6.45, 7) is 4.95. The molecule has 19 heavy (non-hydrogen) atoms. The number of hydrogen-bond acceptors (Lipinski definition) is 3. The fraction of sp³-hybridized carbons (Fsp3) is 0.438. The van der Waals surface area contributed by atoms with Gasteiger partial charge in [0.15, 0.2) is 0 Å². The molecule has 0 bridgehead atoms. The fourth-order valence-corrected chi connectivity index (χ4v) is 2.45. The minimum atomic E-state index is 0.452. The lowest BCUT2D eigenvalue weighted by Gasteiger charge is -2.04. The maximum Gasteiger partial charge on any atom is 0.208 e. The van der Waals surface area contributed by atoms with Gasteiger partial charge in [-0.3, -0.25) is 0 Å². The van der Waals surface area contributed by atoms with Gasteiger partial charge in [-0.25, -0.2) is 4.98 Å². The minimum Gasteiger partial charge on any atom is -0.444 e. The second-order valence-electron chi connectivity index (χ2n) is 5.55. The molecule has 0 saturated heterocycles. The van der Waals surface area contributed by atoms with E-state index < -0.39 is 0 Å². The summed E-state index contributed by atoms with van der Waals surface area (Å²) in [5.74, 6) is 2.96. The number of hydrogen-bond donors (Lipinski definition) is 1. The zero-order valence-electron chi connectivity index (χ0n) is 11.5. The van der Waals surface area contributed by atoms with Crippen molar-refractivity contribution >= 4 is 0 Å². The zero-order chi connectivity index (χ0) is 13.2. The summed E-state index contributed by atoms with van der Waals surface area (Å²) in [6, 6.07) is 11.1. The Morgan fingerprint density at radius 1 is 1.26 bits per heavy atom. The number of oxazole rings is 1. The van der Waals surface area contributed by atoms with E-state index in [0.29, 0.717) is 24.4 Å². The highest BCUT2D eigenvalue weighted by Crippen LogP contribution is 2.54. The summed E-state index contributed by atoms with van der Waals surface area (Å²) >= 11 is 0. The van der Waals surface area contributed by atoms with Crippen LogP contribution >= 0.6 is 0 Å². The Bertz CT molecular complexity index is 533. The van der Waals surface area contributed by atoms with Crippen molar-refractivity contribution in [2.45, 2.75) is 44.7 Å². The molecule has 1 fully saturated rings. The Morgan fingerprint density at radius 2 is 2.05 bits per heavy atom. The Labute approximate surface area is 114 Å².